The van der Waals surface area contributed by atoms with Gasteiger partial charge in [-0.2, -0.15) is 0 Å². The Hall–Kier alpha value is -1.63. The van der Waals surface area contributed by atoms with Gasteiger partial charge in [0.25, 0.3) is 0 Å². The summed E-state index contributed by atoms with van der Waals surface area (Å²) in [6, 6.07) is 2.31. The van der Waals surface area contributed by atoms with Gasteiger partial charge in [-0.1, -0.05) is 0 Å². The number of aromatic carboxylic acids is 1. The molecule has 2 heterocycles. The minimum Gasteiger partial charge on any atom is -0.478 e. The highest BCUT2D eigenvalue weighted by atomic mass is 32.2. The Labute approximate surface area is 97.2 Å². The molecular weight excluding hydrogens is 246 g/mol. The van der Waals surface area contributed by atoms with E-state index in [1.165, 1.54) is 6.07 Å². The number of carboxylic acids is 1. The predicted molar refractivity (Wildman–Crippen MR) is 60.0 cm³/mol. The summed E-state index contributed by atoms with van der Waals surface area (Å²) in [4.78, 5) is 24.5. The number of H-pyrrole nitrogens is 1. The Morgan fingerprint density at radius 1 is 1.41 bits per heavy atom. The van der Waals surface area contributed by atoms with Crippen molar-refractivity contribution in [3.05, 3.63) is 33.7 Å². The summed E-state index contributed by atoms with van der Waals surface area (Å²) in [5.41, 5.74) is -0.256. The number of hydrogen-bond acceptors (Lipinski definition) is 4. The first-order valence-electron chi connectivity index (χ1n) is 5.05. The van der Waals surface area contributed by atoms with Gasteiger partial charge in [0.15, 0.2) is 9.84 Å². The van der Waals surface area contributed by atoms with Gasteiger partial charge in [0.1, 0.15) is 0 Å². The lowest BCUT2D eigenvalue weighted by Gasteiger charge is -2.08. The minimum atomic E-state index is -3.06. The number of pyridine rings is 1. The van der Waals surface area contributed by atoms with Crippen molar-refractivity contribution in [2.24, 2.45) is 0 Å². The quantitative estimate of drug-likeness (QED) is 0.774. The summed E-state index contributed by atoms with van der Waals surface area (Å²) in [6.07, 6.45) is 0.418. The molecule has 0 aromatic carbocycles. The van der Waals surface area contributed by atoms with E-state index in [0.29, 0.717) is 12.1 Å². The van der Waals surface area contributed by atoms with Crippen LogP contribution < -0.4 is 5.56 Å². The summed E-state index contributed by atoms with van der Waals surface area (Å²) in [5, 5.41) is 8.81. The highest BCUT2D eigenvalue weighted by Crippen LogP contribution is 2.27. The third kappa shape index (κ3) is 2.55. The highest BCUT2D eigenvalue weighted by Gasteiger charge is 2.30. The number of aromatic amines is 1. The predicted octanol–water partition coefficient (Wildman–Crippen LogP) is -0.0248. The lowest BCUT2D eigenvalue weighted by Crippen LogP contribution is -2.15. The molecule has 0 aliphatic carbocycles. The molecule has 1 fully saturated rings. The van der Waals surface area contributed by atoms with Gasteiger partial charge in [-0.25, -0.2) is 13.2 Å². The number of aromatic nitrogens is 1. The summed E-state index contributed by atoms with van der Waals surface area (Å²) in [7, 11) is -3.06. The number of carboxylic acid groups (broad SMARTS) is 1. The Morgan fingerprint density at radius 3 is 2.65 bits per heavy atom. The van der Waals surface area contributed by atoms with Crippen LogP contribution in [0.5, 0.6) is 0 Å². The summed E-state index contributed by atoms with van der Waals surface area (Å²) in [5.74, 6) is -1.46. The van der Waals surface area contributed by atoms with Gasteiger partial charge in [-0.3, -0.25) is 4.79 Å². The Balaban J connectivity index is 2.40. The normalized spacial score (nSPS) is 22.5. The van der Waals surface area contributed by atoms with E-state index in [-0.39, 0.29) is 23.0 Å². The topological polar surface area (TPSA) is 104 Å². The van der Waals surface area contributed by atoms with Crippen molar-refractivity contribution in [3.8, 4) is 0 Å². The van der Waals surface area contributed by atoms with Crippen LogP contribution in [-0.4, -0.2) is 36.0 Å². The van der Waals surface area contributed by atoms with Gasteiger partial charge in [0, 0.05) is 17.7 Å². The fourth-order valence-electron chi connectivity index (χ4n) is 1.95. The van der Waals surface area contributed by atoms with E-state index >= 15 is 0 Å². The van der Waals surface area contributed by atoms with Crippen molar-refractivity contribution in [1.29, 1.82) is 0 Å². The van der Waals surface area contributed by atoms with E-state index in [1.54, 1.807) is 0 Å². The van der Waals surface area contributed by atoms with Crippen molar-refractivity contribution >= 4 is 15.8 Å². The van der Waals surface area contributed by atoms with Crippen LogP contribution in [0.2, 0.25) is 0 Å². The second kappa shape index (κ2) is 3.99. The summed E-state index contributed by atoms with van der Waals surface area (Å²) in [6.45, 7) is 0. The standard InChI is InChI=1S/C10H11NO5S/c12-9-4-7(10(13)14)3-8(11-9)6-1-2-17(15,16)5-6/h3-4,6H,1-2,5H2,(H,11,12)(H,13,14). The molecule has 0 spiro atoms. The zero-order chi connectivity index (χ0) is 12.6. The lowest BCUT2D eigenvalue weighted by molar-refractivity contribution is 0.0696. The SMILES string of the molecule is O=C(O)c1cc(C2CCS(=O)(=O)C2)[nH]c(=O)c1. The monoisotopic (exact) mass is 257 g/mol. The maximum absolute atomic E-state index is 11.3. The smallest absolute Gasteiger partial charge is 0.335 e. The minimum absolute atomic E-state index is 0.0357. The van der Waals surface area contributed by atoms with Gasteiger partial charge in [-0.05, 0) is 12.5 Å². The van der Waals surface area contributed by atoms with Crippen molar-refractivity contribution < 1.29 is 18.3 Å². The van der Waals surface area contributed by atoms with E-state index in [1.807, 2.05) is 0 Å². The maximum atomic E-state index is 11.3. The number of sulfone groups is 1. The largest absolute Gasteiger partial charge is 0.478 e. The molecule has 2 rings (SSSR count). The van der Waals surface area contributed by atoms with E-state index in [0.717, 1.165) is 6.07 Å². The van der Waals surface area contributed by atoms with Crippen molar-refractivity contribution in [3.63, 3.8) is 0 Å². The molecule has 7 heteroatoms. The van der Waals surface area contributed by atoms with Gasteiger partial charge in [-0.15, -0.1) is 0 Å². The average Bonchev–Trinajstić information content (AvgIpc) is 2.58. The van der Waals surface area contributed by atoms with Crippen LogP contribution in [0.25, 0.3) is 0 Å². The number of carbonyl (C=O) groups is 1. The third-order valence-corrected chi connectivity index (χ3v) is 4.55. The fraction of sp³-hybridized carbons (Fsp3) is 0.400. The second-order valence-electron chi connectivity index (χ2n) is 4.09. The third-order valence-electron chi connectivity index (χ3n) is 2.78. The van der Waals surface area contributed by atoms with Crippen molar-refractivity contribution in [2.75, 3.05) is 11.5 Å². The van der Waals surface area contributed by atoms with Crippen LogP contribution in [0.15, 0.2) is 16.9 Å². The molecule has 1 unspecified atom stereocenters. The molecule has 0 amide bonds. The molecule has 2 N–H and O–H groups in total. The van der Waals surface area contributed by atoms with Gasteiger partial charge >= 0.3 is 5.97 Å². The Bertz CT molecular complexity index is 616. The molecule has 6 nitrogen and oxygen atoms in total. The number of nitrogens with one attached hydrogen (secondary N) is 1. The lowest BCUT2D eigenvalue weighted by atomic mass is 10.0. The maximum Gasteiger partial charge on any atom is 0.335 e. The van der Waals surface area contributed by atoms with E-state index in [2.05, 4.69) is 4.98 Å². The first kappa shape index (κ1) is 11.8. The molecule has 1 saturated heterocycles. The zero-order valence-corrected chi connectivity index (χ0v) is 9.66. The van der Waals surface area contributed by atoms with Crippen LogP contribution in [0.3, 0.4) is 0 Å². The highest BCUT2D eigenvalue weighted by molar-refractivity contribution is 7.91. The second-order valence-corrected chi connectivity index (χ2v) is 6.32. The van der Waals surface area contributed by atoms with Crippen LogP contribution in [0.4, 0.5) is 0 Å². The fourth-order valence-corrected chi connectivity index (χ4v) is 3.72. The molecular formula is C10H11NO5S. The van der Waals surface area contributed by atoms with Gasteiger partial charge < -0.3 is 10.1 Å². The molecule has 0 radical (unpaired) electrons. The molecule has 1 aromatic heterocycles. The van der Waals surface area contributed by atoms with Crippen molar-refractivity contribution in [2.45, 2.75) is 12.3 Å². The first-order valence-corrected chi connectivity index (χ1v) is 6.87. The molecule has 17 heavy (non-hydrogen) atoms. The number of hydrogen-bond donors (Lipinski definition) is 2. The van der Waals surface area contributed by atoms with Gasteiger partial charge in [0.2, 0.25) is 5.56 Å². The van der Waals surface area contributed by atoms with Crippen molar-refractivity contribution in [1.82, 2.24) is 4.98 Å². The zero-order valence-electron chi connectivity index (χ0n) is 8.84. The summed E-state index contributed by atoms with van der Waals surface area (Å²) >= 11 is 0. The molecule has 0 saturated carbocycles. The molecule has 1 aromatic rings. The first-order chi connectivity index (χ1) is 7.87. The molecule has 1 atom stereocenters. The van der Waals surface area contributed by atoms with Crippen LogP contribution in [-0.2, 0) is 9.84 Å². The molecule has 0 bridgehead atoms. The Morgan fingerprint density at radius 2 is 2.12 bits per heavy atom. The average molecular weight is 257 g/mol. The van der Waals surface area contributed by atoms with E-state index in [4.69, 9.17) is 5.11 Å². The summed E-state index contributed by atoms with van der Waals surface area (Å²) < 4.78 is 22.6. The van der Waals surface area contributed by atoms with Gasteiger partial charge in [0.05, 0.1) is 17.1 Å². The number of rotatable bonds is 2. The van der Waals surface area contributed by atoms with Crippen LogP contribution >= 0.6 is 0 Å². The van der Waals surface area contributed by atoms with Crippen LogP contribution in [0.1, 0.15) is 28.4 Å². The van der Waals surface area contributed by atoms with E-state index < -0.39 is 21.4 Å². The Kier molecular flexibility index (Phi) is 2.78. The molecule has 1 aliphatic heterocycles. The van der Waals surface area contributed by atoms with E-state index in [9.17, 15) is 18.0 Å². The van der Waals surface area contributed by atoms with Crippen LogP contribution in [0, 0.1) is 0 Å². The molecule has 92 valence electrons. The molecule has 1 aliphatic rings.